The van der Waals surface area contributed by atoms with Crippen LogP contribution in [0.1, 0.15) is 51.4 Å². The van der Waals surface area contributed by atoms with E-state index in [1.165, 1.54) is 38.5 Å². The zero-order valence-corrected chi connectivity index (χ0v) is 11.8. The smallest absolute Gasteiger partial charge is 0.315 e. The van der Waals surface area contributed by atoms with Crippen molar-refractivity contribution in [2.75, 3.05) is 20.6 Å². The van der Waals surface area contributed by atoms with E-state index in [-0.39, 0.29) is 11.6 Å². The third-order valence-corrected chi connectivity index (χ3v) is 4.75. The van der Waals surface area contributed by atoms with Gasteiger partial charge in [-0.25, -0.2) is 4.79 Å². The molecule has 0 aliphatic heterocycles. The van der Waals surface area contributed by atoms with Crippen molar-refractivity contribution >= 4 is 6.03 Å². The Hall–Kier alpha value is -0.770. The van der Waals surface area contributed by atoms with Crippen LogP contribution in [-0.2, 0) is 0 Å². The van der Waals surface area contributed by atoms with Gasteiger partial charge in [-0.2, -0.15) is 0 Å². The van der Waals surface area contributed by atoms with Crippen molar-refractivity contribution in [2.24, 2.45) is 0 Å². The molecule has 0 unspecified atom stereocenters. The lowest BCUT2D eigenvalue weighted by molar-refractivity contribution is 0.154. The van der Waals surface area contributed by atoms with Crippen LogP contribution in [0.5, 0.6) is 0 Å². The molecule has 0 atom stereocenters. The third kappa shape index (κ3) is 3.16. The molecule has 0 spiro atoms. The highest BCUT2D eigenvalue weighted by Gasteiger charge is 2.36. The molecule has 104 valence electrons. The van der Waals surface area contributed by atoms with E-state index in [2.05, 4.69) is 29.6 Å². The van der Waals surface area contributed by atoms with Crippen LogP contribution in [0.25, 0.3) is 0 Å². The van der Waals surface area contributed by atoms with E-state index in [1.54, 1.807) is 0 Å². The fourth-order valence-corrected chi connectivity index (χ4v) is 3.37. The Kier molecular flexibility index (Phi) is 4.49. The summed E-state index contributed by atoms with van der Waals surface area (Å²) in [5.41, 5.74) is 0.188. The summed E-state index contributed by atoms with van der Waals surface area (Å²) in [6, 6.07) is 0.430. The van der Waals surface area contributed by atoms with Crippen LogP contribution in [-0.4, -0.2) is 43.2 Å². The molecular formula is C14H27N3O. The van der Waals surface area contributed by atoms with Crippen LogP contribution in [0, 0.1) is 0 Å². The average Bonchev–Trinajstić information content (AvgIpc) is 2.97. The first-order valence-electron chi connectivity index (χ1n) is 7.34. The van der Waals surface area contributed by atoms with Crippen molar-refractivity contribution < 1.29 is 4.79 Å². The molecule has 18 heavy (non-hydrogen) atoms. The molecule has 2 N–H and O–H groups in total. The number of nitrogens with zero attached hydrogens (tertiary/aromatic N) is 1. The van der Waals surface area contributed by atoms with Gasteiger partial charge >= 0.3 is 6.03 Å². The molecule has 0 aromatic carbocycles. The molecule has 0 bridgehead atoms. The summed E-state index contributed by atoms with van der Waals surface area (Å²) in [4.78, 5) is 14.2. The number of likely N-dealkylation sites (N-methyl/N-ethyl adjacent to an activating group) is 1. The topological polar surface area (TPSA) is 44.4 Å². The van der Waals surface area contributed by atoms with Crippen molar-refractivity contribution in [2.45, 2.75) is 62.9 Å². The lowest BCUT2D eigenvalue weighted by Crippen LogP contribution is -2.53. The maximum Gasteiger partial charge on any atom is 0.315 e. The first kappa shape index (κ1) is 13.7. The first-order chi connectivity index (χ1) is 8.62. The van der Waals surface area contributed by atoms with Crippen molar-refractivity contribution in [1.82, 2.24) is 15.5 Å². The molecule has 2 amide bonds. The zero-order valence-electron chi connectivity index (χ0n) is 11.8. The van der Waals surface area contributed by atoms with Crippen LogP contribution >= 0.6 is 0 Å². The molecule has 0 heterocycles. The number of amides is 2. The molecule has 0 aromatic rings. The quantitative estimate of drug-likeness (QED) is 0.806. The monoisotopic (exact) mass is 253 g/mol. The number of carbonyl (C=O) groups excluding carboxylic acids is 1. The number of nitrogens with one attached hydrogen (secondary N) is 2. The van der Waals surface area contributed by atoms with E-state index >= 15 is 0 Å². The largest absolute Gasteiger partial charge is 0.336 e. The lowest BCUT2D eigenvalue weighted by Gasteiger charge is -2.36. The highest BCUT2D eigenvalue weighted by molar-refractivity contribution is 5.74. The molecule has 0 radical (unpaired) electrons. The molecule has 2 rings (SSSR count). The average molecular weight is 253 g/mol. The van der Waals surface area contributed by atoms with Gasteiger partial charge in [-0.15, -0.1) is 0 Å². The summed E-state index contributed by atoms with van der Waals surface area (Å²) in [5, 5.41) is 6.17. The first-order valence-corrected chi connectivity index (χ1v) is 7.34. The number of urea groups is 1. The molecule has 4 heteroatoms. The maximum atomic E-state index is 11.9. The molecule has 2 saturated carbocycles. The second kappa shape index (κ2) is 5.91. The number of hydrogen-bond donors (Lipinski definition) is 2. The van der Waals surface area contributed by atoms with Gasteiger partial charge in [0.15, 0.2) is 0 Å². The van der Waals surface area contributed by atoms with Crippen molar-refractivity contribution in [3.8, 4) is 0 Å². The third-order valence-electron chi connectivity index (χ3n) is 4.75. The number of hydrogen-bond acceptors (Lipinski definition) is 2. The minimum atomic E-state index is 0.0232. The van der Waals surface area contributed by atoms with Crippen LogP contribution in [0.2, 0.25) is 0 Å². The Morgan fingerprint density at radius 2 is 1.78 bits per heavy atom. The van der Waals surface area contributed by atoms with Gasteiger partial charge < -0.3 is 15.5 Å². The van der Waals surface area contributed by atoms with Crippen molar-refractivity contribution in [1.29, 1.82) is 0 Å². The van der Waals surface area contributed by atoms with E-state index < -0.39 is 0 Å². The van der Waals surface area contributed by atoms with Crippen LogP contribution in [0.15, 0.2) is 0 Å². The van der Waals surface area contributed by atoms with Crippen LogP contribution in [0.4, 0.5) is 4.79 Å². The summed E-state index contributed by atoms with van der Waals surface area (Å²) in [7, 11) is 4.25. The van der Waals surface area contributed by atoms with Crippen LogP contribution in [0.3, 0.4) is 0 Å². The fraction of sp³-hybridized carbons (Fsp3) is 0.929. The molecule has 2 fully saturated rings. The van der Waals surface area contributed by atoms with Crippen LogP contribution < -0.4 is 10.6 Å². The normalized spacial score (nSPS) is 23.5. The summed E-state index contributed by atoms with van der Waals surface area (Å²) in [6.07, 6.45) is 9.76. The zero-order chi connectivity index (χ0) is 13.0. The molecule has 0 saturated heterocycles. The van der Waals surface area contributed by atoms with Crippen molar-refractivity contribution in [3.63, 3.8) is 0 Å². The number of rotatable bonds is 4. The Morgan fingerprint density at radius 1 is 1.17 bits per heavy atom. The summed E-state index contributed by atoms with van der Waals surface area (Å²) < 4.78 is 0. The van der Waals surface area contributed by atoms with Gasteiger partial charge in [-0.3, -0.25) is 0 Å². The lowest BCUT2D eigenvalue weighted by atomic mass is 9.96. The Morgan fingerprint density at radius 3 is 2.33 bits per heavy atom. The summed E-state index contributed by atoms with van der Waals surface area (Å²) in [6.45, 7) is 0.776. The Labute approximate surface area is 110 Å². The minimum Gasteiger partial charge on any atom is -0.336 e. The van der Waals surface area contributed by atoms with Gasteiger partial charge in [0.1, 0.15) is 0 Å². The predicted molar refractivity (Wildman–Crippen MR) is 73.7 cm³/mol. The SMILES string of the molecule is CN(C)C1(CNC(=O)NC2CCCC2)CCCC1. The fourth-order valence-electron chi connectivity index (χ4n) is 3.37. The van der Waals surface area contributed by atoms with Gasteiger partial charge in [-0.05, 0) is 39.8 Å². The van der Waals surface area contributed by atoms with E-state index in [9.17, 15) is 4.79 Å². The standard InChI is InChI=1S/C14H27N3O/c1-17(2)14(9-5-6-10-14)11-15-13(18)16-12-7-3-4-8-12/h12H,3-11H2,1-2H3,(H2,15,16,18). The van der Waals surface area contributed by atoms with E-state index in [1.807, 2.05) is 0 Å². The molecule has 4 nitrogen and oxygen atoms in total. The molecule has 0 aromatic heterocycles. The number of carbonyl (C=O) groups is 1. The second-order valence-corrected chi connectivity index (χ2v) is 6.13. The highest BCUT2D eigenvalue weighted by Crippen LogP contribution is 2.33. The highest BCUT2D eigenvalue weighted by atomic mass is 16.2. The van der Waals surface area contributed by atoms with E-state index in [0.29, 0.717) is 6.04 Å². The second-order valence-electron chi connectivity index (χ2n) is 6.13. The summed E-state index contributed by atoms with van der Waals surface area (Å²) in [5.74, 6) is 0. The molecular weight excluding hydrogens is 226 g/mol. The Balaban J connectivity index is 1.76. The van der Waals surface area contributed by atoms with E-state index in [4.69, 9.17) is 0 Å². The molecule has 2 aliphatic carbocycles. The predicted octanol–water partition coefficient (Wildman–Crippen LogP) is 2.10. The van der Waals surface area contributed by atoms with Gasteiger partial charge in [0.25, 0.3) is 0 Å². The van der Waals surface area contributed by atoms with Gasteiger partial charge in [0.2, 0.25) is 0 Å². The Bertz CT molecular complexity index is 279. The van der Waals surface area contributed by atoms with Gasteiger partial charge in [0, 0.05) is 18.1 Å². The molecule has 2 aliphatic rings. The minimum absolute atomic E-state index is 0.0232. The summed E-state index contributed by atoms with van der Waals surface area (Å²) >= 11 is 0. The van der Waals surface area contributed by atoms with Crippen molar-refractivity contribution in [3.05, 3.63) is 0 Å². The van der Waals surface area contributed by atoms with Gasteiger partial charge in [-0.1, -0.05) is 25.7 Å². The van der Waals surface area contributed by atoms with E-state index in [0.717, 1.165) is 19.4 Å². The van der Waals surface area contributed by atoms with Gasteiger partial charge in [0.05, 0.1) is 0 Å². The maximum absolute atomic E-state index is 11.9.